The molecule has 1 saturated heterocycles. The molecule has 8 nitrogen and oxygen atoms in total. The highest BCUT2D eigenvalue weighted by Gasteiger charge is 2.26. The molecule has 2 heterocycles. The average Bonchev–Trinajstić information content (AvgIpc) is 3.01. The number of nitrogens with zero attached hydrogens (tertiary/aromatic N) is 3. The predicted octanol–water partition coefficient (Wildman–Crippen LogP) is 1.17. The quantitative estimate of drug-likeness (QED) is 0.778. The molecule has 0 radical (unpaired) electrons. The van der Waals surface area contributed by atoms with E-state index in [0.29, 0.717) is 37.4 Å². The molecule has 2 unspecified atom stereocenters. The van der Waals surface area contributed by atoms with Crippen LogP contribution in [0.3, 0.4) is 0 Å². The Morgan fingerprint density at radius 2 is 2.21 bits per heavy atom. The van der Waals surface area contributed by atoms with E-state index in [1.165, 1.54) is 4.90 Å². The van der Waals surface area contributed by atoms with Gasteiger partial charge in [-0.05, 0) is 12.8 Å². The molecule has 0 saturated carbocycles. The molecule has 1 aliphatic heterocycles. The number of hydrogen-bond donors (Lipinski definition) is 1. The van der Waals surface area contributed by atoms with Gasteiger partial charge in [0.1, 0.15) is 12.2 Å². The van der Waals surface area contributed by atoms with Crippen molar-refractivity contribution < 1.29 is 18.8 Å². The second-order valence-electron chi connectivity index (χ2n) is 6.17. The number of halogens is 1. The minimum absolute atomic E-state index is 0. The van der Waals surface area contributed by atoms with Gasteiger partial charge in [-0.15, -0.1) is 12.4 Å². The number of likely N-dealkylation sites (N-methyl/N-ethyl adjacent to an activating group) is 1. The monoisotopic (exact) mass is 362 g/mol. The van der Waals surface area contributed by atoms with Crippen LogP contribution in [0.1, 0.15) is 38.6 Å². The summed E-state index contributed by atoms with van der Waals surface area (Å²) >= 11 is 0. The van der Waals surface area contributed by atoms with Crippen LogP contribution in [0.15, 0.2) is 4.52 Å². The van der Waals surface area contributed by atoms with Crippen LogP contribution in [0.25, 0.3) is 0 Å². The van der Waals surface area contributed by atoms with Crippen LogP contribution in [0.5, 0.6) is 0 Å². The predicted molar refractivity (Wildman–Crippen MR) is 89.8 cm³/mol. The zero-order chi connectivity index (χ0) is 16.8. The molecule has 1 aromatic heterocycles. The number of rotatable bonds is 7. The molecule has 0 spiro atoms. The zero-order valence-corrected chi connectivity index (χ0v) is 15.5. The first kappa shape index (κ1) is 20.8. The molecule has 1 amide bonds. The Balaban J connectivity index is 0.00000288. The van der Waals surface area contributed by atoms with E-state index in [1.807, 2.05) is 6.92 Å². The number of carbonyl (C=O) groups is 1. The van der Waals surface area contributed by atoms with Gasteiger partial charge in [0.2, 0.25) is 5.89 Å². The fraction of sp³-hybridized carbons (Fsp3) is 0.800. The van der Waals surface area contributed by atoms with E-state index in [4.69, 9.17) is 14.0 Å². The van der Waals surface area contributed by atoms with Crippen LogP contribution in [0, 0.1) is 5.92 Å². The lowest BCUT2D eigenvalue weighted by Gasteiger charge is -2.26. The zero-order valence-electron chi connectivity index (χ0n) is 14.7. The third-order valence-corrected chi connectivity index (χ3v) is 3.48. The van der Waals surface area contributed by atoms with Gasteiger partial charge in [-0.25, -0.2) is 0 Å². The molecule has 138 valence electrons. The first-order chi connectivity index (χ1) is 11.0. The van der Waals surface area contributed by atoms with Gasteiger partial charge in [-0.2, -0.15) is 4.98 Å². The third kappa shape index (κ3) is 6.01. The SMILES string of the molecule is CC(C)COC(C)c1noc(CN(C)C(=O)C2CNCCO2)n1.Cl. The molecule has 24 heavy (non-hydrogen) atoms. The molecule has 1 fully saturated rings. The summed E-state index contributed by atoms with van der Waals surface area (Å²) in [5.74, 6) is 1.23. The van der Waals surface area contributed by atoms with Crippen molar-refractivity contribution in [3.8, 4) is 0 Å². The first-order valence-electron chi connectivity index (χ1n) is 7.98. The number of morpholine rings is 1. The maximum atomic E-state index is 12.3. The van der Waals surface area contributed by atoms with Crippen molar-refractivity contribution >= 4 is 18.3 Å². The number of amides is 1. The molecule has 1 N–H and O–H groups in total. The Morgan fingerprint density at radius 1 is 1.46 bits per heavy atom. The van der Waals surface area contributed by atoms with E-state index in [2.05, 4.69) is 29.3 Å². The molecule has 2 rings (SSSR count). The van der Waals surface area contributed by atoms with Gasteiger partial charge in [0.15, 0.2) is 5.82 Å². The first-order valence-corrected chi connectivity index (χ1v) is 7.98. The van der Waals surface area contributed by atoms with E-state index in [0.717, 1.165) is 6.54 Å². The second kappa shape index (κ2) is 9.93. The minimum atomic E-state index is -0.454. The maximum absolute atomic E-state index is 12.3. The van der Waals surface area contributed by atoms with Crippen molar-refractivity contribution in [2.24, 2.45) is 5.92 Å². The molecular weight excluding hydrogens is 336 g/mol. The van der Waals surface area contributed by atoms with Crippen molar-refractivity contribution in [3.05, 3.63) is 11.7 Å². The van der Waals surface area contributed by atoms with Gasteiger partial charge in [0, 0.05) is 26.7 Å². The molecule has 1 aliphatic rings. The minimum Gasteiger partial charge on any atom is -0.370 e. The second-order valence-corrected chi connectivity index (χ2v) is 6.17. The Hall–Kier alpha value is -1.22. The van der Waals surface area contributed by atoms with Crippen LogP contribution in [-0.4, -0.2) is 60.4 Å². The summed E-state index contributed by atoms with van der Waals surface area (Å²) in [5, 5.41) is 7.06. The number of hydrogen-bond acceptors (Lipinski definition) is 7. The van der Waals surface area contributed by atoms with Gasteiger partial charge in [0.25, 0.3) is 5.91 Å². The summed E-state index contributed by atoms with van der Waals surface area (Å²) in [4.78, 5) is 18.1. The van der Waals surface area contributed by atoms with E-state index in [-0.39, 0.29) is 31.0 Å². The number of ether oxygens (including phenoxy) is 2. The lowest BCUT2D eigenvalue weighted by Crippen LogP contribution is -2.48. The smallest absolute Gasteiger partial charge is 0.253 e. The van der Waals surface area contributed by atoms with Crippen LogP contribution in [0.4, 0.5) is 0 Å². The highest BCUT2D eigenvalue weighted by atomic mass is 35.5. The maximum Gasteiger partial charge on any atom is 0.253 e. The third-order valence-electron chi connectivity index (χ3n) is 3.48. The number of nitrogens with one attached hydrogen (secondary N) is 1. The topological polar surface area (TPSA) is 89.7 Å². The van der Waals surface area contributed by atoms with Gasteiger partial charge in [-0.1, -0.05) is 19.0 Å². The van der Waals surface area contributed by atoms with Gasteiger partial charge >= 0.3 is 0 Å². The number of aromatic nitrogens is 2. The molecule has 1 aromatic rings. The Labute approximate surface area is 148 Å². The Bertz CT molecular complexity index is 505. The lowest BCUT2D eigenvalue weighted by molar-refractivity contribution is -0.144. The van der Waals surface area contributed by atoms with Crippen LogP contribution >= 0.6 is 12.4 Å². The largest absolute Gasteiger partial charge is 0.370 e. The normalized spacial score (nSPS) is 19.0. The Kier molecular flexibility index (Phi) is 8.61. The van der Waals surface area contributed by atoms with Gasteiger partial charge < -0.3 is 24.2 Å². The molecule has 0 aliphatic carbocycles. The van der Waals surface area contributed by atoms with E-state index >= 15 is 0 Å². The van der Waals surface area contributed by atoms with Crippen molar-refractivity contribution in [1.82, 2.24) is 20.4 Å². The highest BCUT2D eigenvalue weighted by molar-refractivity contribution is 5.85. The van der Waals surface area contributed by atoms with Gasteiger partial charge in [0.05, 0.1) is 13.2 Å². The average molecular weight is 363 g/mol. The molecule has 0 bridgehead atoms. The van der Waals surface area contributed by atoms with E-state index in [9.17, 15) is 4.79 Å². The van der Waals surface area contributed by atoms with Gasteiger partial charge in [-0.3, -0.25) is 4.79 Å². The molecule has 2 atom stereocenters. The van der Waals surface area contributed by atoms with E-state index < -0.39 is 6.10 Å². The molecular formula is C15H27ClN4O4. The summed E-state index contributed by atoms with van der Waals surface area (Å²) in [6.07, 6.45) is -0.689. The van der Waals surface area contributed by atoms with Crippen LogP contribution in [0.2, 0.25) is 0 Å². The summed E-state index contributed by atoms with van der Waals surface area (Å²) in [5.41, 5.74) is 0. The fourth-order valence-corrected chi connectivity index (χ4v) is 2.16. The van der Waals surface area contributed by atoms with Crippen molar-refractivity contribution in [1.29, 1.82) is 0 Å². The fourth-order valence-electron chi connectivity index (χ4n) is 2.16. The summed E-state index contributed by atoms with van der Waals surface area (Å²) in [7, 11) is 1.70. The Morgan fingerprint density at radius 3 is 2.83 bits per heavy atom. The van der Waals surface area contributed by atoms with Crippen LogP contribution < -0.4 is 5.32 Å². The highest BCUT2D eigenvalue weighted by Crippen LogP contribution is 2.15. The summed E-state index contributed by atoms with van der Waals surface area (Å²) in [6, 6.07) is 0. The van der Waals surface area contributed by atoms with Crippen molar-refractivity contribution in [2.45, 2.75) is 39.5 Å². The number of carbonyl (C=O) groups excluding carboxylic acids is 1. The van der Waals surface area contributed by atoms with Crippen molar-refractivity contribution in [2.75, 3.05) is 33.4 Å². The van der Waals surface area contributed by atoms with Crippen LogP contribution in [-0.2, 0) is 20.8 Å². The molecule has 9 heteroatoms. The van der Waals surface area contributed by atoms with Crippen molar-refractivity contribution in [3.63, 3.8) is 0 Å². The summed E-state index contributed by atoms with van der Waals surface area (Å²) in [6.45, 7) is 8.77. The van der Waals surface area contributed by atoms with E-state index in [1.54, 1.807) is 7.05 Å². The lowest BCUT2D eigenvalue weighted by atomic mass is 10.2. The summed E-state index contributed by atoms with van der Waals surface area (Å²) < 4.78 is 16.3. The standard InChI is InChI=1S/C15H26N4O4.ClH/c1-10(2)9-22-11(3)14-17-13(23-18-14)8-19(4)15(20)12-7-16-5-6-21-12;/h10-12,16H,5-9H2,1-4H3;1H. The molecule has 0 aromatic carbocycles.